The molecule has 1 aromatic heterocycles. The standard InChI is InChI=1S/C16H16N2OS4/c1-17-12-6-2-4-8-14(12)19-11-21-23-20-10-16-18-13-7-3-5-9-15(13)22-16/h2-9,17H,10-11H2,1H3. The average Bonchev–Trinajstić information content (AvgIpc) is 3.01. The lowest BCUT2D eigenvalue weighted by atomic mass is 10.3. The van der Waals surface area contributed by atoms with Gasteiger partial charge in [0.1, 0.15) is 16.7 Å². The normalized spacial score (nSPS) is 10.8. The molecule has 3 nitrogen and oxygen atoms in total. The fourth-order valence-electron chi connectivity index (χ4n) is 2.00. The molecule has 3 aromatic rings. The van der Waals surface area contributed by atoms with Crippen LogP contribution in [0.1, 0.15) is 5.01 Å². The largest absolute Gasteiger partial charge is 0.480 e. The number of anilines is 1. The van der Waals surface area contributed by atoms with Crippen LogP contribution in [0.25, 0.3) is 10.2 Å². The van der Waals surface area contributed by atoms with E-state index >= 15 is 0 Å². The topological polar surface area (TPSA) is 34.1 Å². The zero-order chi connectivity index (χ0) is 15.9. The number of thiazole rings is 1. The van der Waals surface area contributed by atoms with E-state index in [9.17, 15) is 0 Å². The number of para-hydroxylation sites is 3. The maximum absolute atomic E-state index is 5.78. The molecule has 0 aliphatic carbocycles. The number of hydrogen-bond donors (Lipinski definition) is 1. The van der Waals surface area contributed by atoms with Gasteiger partial charge in [0.2, 0.25) is 0 Å². The van der Waals surface area contributed by atoms with Crippen molar-refractivity contribution >= 4 is 58.7 Å². The summed E-state index contributed by atoms with van der Waals surface area (Å²) in [6.07, 6.45) is 0. The molecule has 0 fully saturated rings. The van der Waals surface area contributed by atoms with Gasteiger partial charge in [-0.1, -0.05) is 35.1 Å². The van der Waals surface area contributed by atoms with Gasteiger partial charge in [0.15, 0.2) is 0 Å². The van der Waals surface area contributed by atoms with Gasteiger partial charge in [0.25, 0.3) is 0 Å². The molecule has 1 heterocycles. The van der Waals surface area contributed by atoms with E-state index in [1.54, 1.807) is 42.8 Å². The Hall–Kier alpha value is -1.02. The monoisotopic (exact) mass is 380 g/mol. The molecular weight excluding hydrogens is 364 g/mol. The van der Waals surface area contributed by atoms with Crippen molar-refractivity contribution in [2.75, 3.05) is 18.3 Å². The fraction of sp³-hybridized carbons (Fsp3) is 0.188. The predicted molar refractivity (Wildman–Crippen MR) is 108 cm³/mol. The highest BCUT2D eigenvalue weighted by Crippen LogP contribution is 2.38. The van der Waals surface area contributed by atoms with Gasteiger partial charge < -0.3 is 10.1 Å². The van der Waals surface area contributed by atoms with Crippen LogP contribution in [0.4, 0.5) is 5.69 Å². The van der Waals surface area contributed by atoms with Gasteiger partial charge in [-0.25, -0.2) is 4.98 Å². The maximum atomic E-state index is 5.78. The van der Waals surface area contributed by atoms with Crippen LogP contribution in [0.15, 0.2) is 48.5 Å². The number of rotatable bonds is 8. The number of hydrogen-bond acceptors (Lipinski definition) is 7. The molecule has 0 radical (unpaired) electrons. The van der Waals surface area contributed by atoms with Crippen molar-refractivity contribution in [1.29, 1.82) is 0 Å². The Kier molecular flexibility index (Phi) is 6.38. The second-order valence-electron chi connectivity index (χ2n) is 4.53. The minimum atomic E-state index is 0.621. The number of ether oxygens (including phenoxy) is 1. The summed E-state index contributed by atoms with van der Waals surface area (Å²) in [5.74, 6) is 2.43. The van der Waals surface area contributed by atoms with Crippen LogP contribution in [0.2, 0.25) is 0 Å². The van der Waals surface area contributed by atoms with Gasteiger partial charge in [-0.2, -0.15) is 0 Å². The lowest BCUT2D eigenvalue weighted by Gasteiger charge is -2.09. The Morgan fingerprint density at radius 3 is 2.78 bits per heavy atom. The molecule has 3 rings (SSSR count). The van der Waals surface area contributed by atoms with Crippen LogP contribution in [0.3, 0.4) is 0 Å². The summed E-state index contributed by atoms with van der Waals surface area (Å²) in [7, 11) is 7.14. The predicted octanol–water partition coefficient (Wildman–Crippen LogP) is 5.90. The first-order valence-corrected chi connectivity index (χ1v) is 11.7. The zero-order valence-electron chi connectivity index (χ0n) is 12.5. The third kappa shape index (κ3) is 4.73. The third-order valence-corrected chi connectivity index (χ3v) is 8.00. The fourth-order valence-corrected chi connectivity index (χ4v) is 6.24. The van der Waals surface area contributed by atoms with Gasteiger partial charge in [0.05, 0.1) is 21.7 Å². The van der Waals surface area contributed by atoms with Crippen molar-refractivity contribution in [2.45, 2.75) is 5.75 Å². The summed E-state index contributed by atoms with van der Waals surface area (Å²) in [6, 6.07) is 16.2. The summed E-state index contributed by atoms with van der Waals surface area (Å²) in [5.41, 5.74) is 2.11. The molecule has 0 saturated carbocycles. The molecule has 0 spiro atoms. The van der Waals surface area contributed by atoms with Crippen LogP contribution >= 0.6 is 42.8 Å². The van der Waals surface area contributed by atoms with Gasteiger partial charge >= 0.3 is 0 Å². The molecule has 0 bridgehead atoms. The molecule has 0 atom stereocenters. The average molecular weight is 381 g/mol. The van der Waals surface area contributed by atoms with Crippen molar-refractivity contribution < 1.29 is 4.74 Å². The number of nitrogens with one attached hydrogen (secondary N) is 1. The molecule has 0 aliphatic heterocycles. The zero-order valence-corrected chi connectivity index (χ0v) is 15.8. The van der Waals surface area contributed by atoms with Crippen LogP contribution in [0.5, 0.6) is 5.75 Å². The molecule has 7 heteroatoms. The molecule has 0 saturated heterocycles. The number of nitrogens with zero attached hydrogens (tertiary/aromatic N) is 1. The quantitative estimate of drug-likeness (QED) is 0.297. The van der Waals surface area contributed by atoms with Gasteiger partial charge in [-0.05, 0) is 44.9 Å². The van der Waals surface area contributed by atoms with Crippen molar-refractivity contribution in [1.82, 2.24) is 4.98 Å². The minimum absolute atomic E-state index is 0.621. The minimum Gasteiger partial charge on any atom is -0.480 e. The summed E-state index contributed by atoms with van der Waals surface area (Å²) in [6.45, 7) is 0. The van der Waals surface area contributed by atoms with Crippen LogP contribution in [-0.2, 0) is 5.75 Å². The van der Waals surface area contributed by atoms with E-state index < -0.39 is 0 Å². The van der Waals surface area contributed by atoms with Crippen molar-refractivity contribution in [3.63, 3.8) is 0 Å². The molecule has 0 amide bonds. The molecule has 0 aliphatic rings. The van der Waals surface area contributed by atoms with Gasteiger partial charge in [0, 0.05) is 7.05 Å². The SMILES string of the molecule is CNc1ccccc1OCSSSCc1nc2ccccc2s1. The highest BCUT2D eigenvalue weighted by molar-refractivity contribution is 9.09. The van der Waals surface area contributed by atoms with E-state index in [4.69, 9.17) is 4.74 Å². The number of benzene rings is 2. The summed E-state index contributed by atoms with van der Waals surface area (Å²) in [4.78, 5) is 4.64. The summed E-state index contributed by atoms with van der Waals surface area (Å²) >= 11 is 1.77. The summed E-state index contributed by atoms with van der Waals surface area (Å²) < 4.78 is 7.04. The smallest absolute Gasteiger partial charge is 0.144 e. The molecule has 2 aromatic carbocycles. The van der Waals surface area contributed by atoms with Crippen molar-refractivity contribution in [2.24, 2.45) is 0 Å². The second kappa shape index (κ2) is 8.73. The van der Waals surface area contributed by atoms with E-state index in [1.807, 2.05) is 37.4 Å². The number of aromatic nitrogens is 1. The van der Waals surface area contributed by atoms with E-state index in [1.165, 1.54) is 9.71 Å². The maximum Gasteiger partial charge on any atom is 0.144 e. The molecular formula is C16H16N2OS4. The Balaban J connectivity index is 1.38. The highest BCUT2D eigenvalue weighted by atomic mass is 33.5. The summed E-state index contributed by atoms with van der Waals surface area (Å²) in [5, 5.41) is 4.30. The second-order valence-corrected chi connectivity index (χ2v) is 9.83. The van der Waals surface area contributed by atoms with E-state index in [-0.39, 0.29) is 0 Å². The van der Waals surface area contributed by atoms with Crippen LogP contribution in [-0.4, -0.2) is 18.0 Å². The van der Waals surface area contributed by atoms with E-state index in [0.717, 1.165) is 22.7 Å². The van der Waals surface area contributed by atoms with Gasteiger partial charge in [-0.15, -0.1) is 11.3 Å². The van der Waals surface area contributed by atoms with E-state index in [2.05, 4.69) is 28.5 Å². The molecule has 23 heavy (non-hydrogen) atoms. The first kappa shape index (κ1) is 16.8. The third-order valence-electron chi connectivity index (χ3n) is 3.04. The molecule has 0 unspecified atom stereocenters. The number of fused-ring (bicyclic) bond motifs is 1. The Morgan fingerprint density at radius 2 is 1.91 bits per heavy atom. The molecule has 1 N–H and O–H groups in total. The first-order chi connectivity index (χ1) is 11.4. The van der Waals surface area contributed by atoms with Crippen LogP contribution < -0.4 is 10.1 Å². The van der Waals surface area contributed by atoms with Crippen LogP contribution in [0, 0.1) is 0 Å². The molecule has 120 valence electrons. The highest BCUT2D eigenvalue weighted by Gasteiger charge is 2.04. The first-order valence-electron chi connectivity index (χ1n) is 7.02. The Bertz CT molecular complexity index is 729. The van der Waals surface area contributed by atoms with E-state index in [0.29, 0.717) is 5.94 Å². The van der Waals surface area contributed by atoms with Crippen molar-refractivity contribution in [3.05, 3.63) is 53.5 Å². The van der Waals surface area contributed by atoms with Crippen molar-refractivity contribution in [3.8, 4) is 5.75 Å². The van der Waals surface area contributed by atoms with Gasteiger partial charge in [-0.3, -0.25) is 0 Å². The lowest BCUT2D eigenvalue weighted by molar-refractivity contribution is 0.396. The lowest BCUT2D eigenvalue weighted by Crippen LogP contribution is -1.96. The Labute approximate surface area is 151 Å². The Morgan fingerprint density at radius 1 is 1.09 bits per heavy atom.